The van der Waals surface area contributed by atoms with Gasteiger partial charge in [-0.2, -0.15) is 0 Å². The van der Waals surface area contributed by atoms with Crippen LogP contribution in [0.25, 0.3) is 0 Å². The maximum absolute atomic E-state index is 11.9. The summed E-state index contributed by atoms with van der Waals surface area (Å²) in [6.07, 6.45) is 3.01. The summed E-state index contributed by atoms with van der Waals surface area (Å²) in [6.45, 7) is 7.86. The Hall–Kier alpha value is -1.10. The van der Waals surface area contributed by atoms with Gasteiger partial charge in [0.2, 0.25) is 11.8 Å². The second-order valence-electron chi connectivity index (χ2n) is 6.07. The van der Waals surface area contributed by atoms with Crippen LogP contribution < -0.4 is 16.0 Å². The molecule has 1 aliphatic heterocycles. The van der Waals surface area contributed by atoms with Crippen molar-refractivity contribution in [3.05, 3.63) is 0 Å². The van der Waals surface area contributed by atoms with Gasteiger partial charge < -0.3 is 16.0 Å². The fourth-order valence-electron chi connectivity index (χ4n) is 2.10. The van der Waals surface area contributed by atoms with Crippen LogP contribution in [-0.4, -0.2) is 36.0 Å². The van der Waals surface area contributed by atoms with Crippen LogP contribution >= 0.6 is 0 Å². The molecule has 3 N–H and O–H groups in total. The molecule has 1 rings (SSSR count). The molecular weight excluding hydrogens is 230 g/mol. The minimum atomic E-state index is -0.264. The highest BCUT2D eigenvalue weighted by Gasteiger charge is 2.24. The van der Waals surface area contributed by atoms with Crippen molar-refractivity contribution in [1.82, 2.24) is 16.0 Å². The van der Waals surface area contributed by atoms with Gasteiger partial charge in [0.25, 0.3) is 0 Å². The smallest absolute Gasteiger partial charge is 0.239 e. The summed E-state index contributed by atoms with van der Waals surface area (Å²) in [5, 5.41) is 8.74. The summed E-state index contributed by atoms with van der Waals surface area (Å²) in [7, 11) is 0. The molecule has 18 heavy (non-hydrogen) atoms. The molecule has 0 aromatic heterocycles. The van der Waals surface area contributed by atoms with E-state index in [0.29, 0.717) is 6.04 Å². The minimum Gasteiger partial charge on any atom is -0.350 e. The number of amides is 2. The molecule has 0 aromatic rings. The SMILES string of the molecule is CC1CCCC(C(=O)NCC(=O)NC(C)(C)C)N1. The zero-order valence-corrected chi connectivity index (χ0v) is 11.8. The van der Waals surface area contributed by atoms with Crippen LogP contribution in [0, 0.1) is 0 Å². The molecule has 5 heteroatoms. The fourth-order valence-corrected chi connectivity index (χ4v) is 2.10. The van der Waals surface area contributed by atoms with Crippen LogP contribution in [0.1, 0.15) is 47.0 Å². The summed E-state index contributed by atoms with van der Waals surface area (Å²) in [5.74, 6) is -0.231. The van der Waals surface area contributed by atoms with Gasteiger partial charge in [0.15, 0.2) is 0 Å². The van der Waals surface area contributed by atoms with Crippen molar-refractivity contribution in [2.75, 3.05) is 6.54 Å². The third-order valence-corrected chi connectivity index (χ3v) is 2.87. The Morgan fingerprint density at radius 2 is 1.94 bits per heavy atom. The van der Waals surface area contributed by atoms with Crippen molar-refractivity contribution in [2.24, 2.45) is 0 Å². The molecule has 0 spiro atoms. The van der Waals surface area contributed by atoms with Gasteiger partial charge in [0, 0.05) is 11.6 Å². The van der Waals surface area contributed by atoms with E-state index in [1.807, 2.05) is 20.8 Å². The van der Waals surface area contributed by atoms with E-state index in [2.05, 4.69) is 22.9 Å². The van der Waals surface area contributed by atoms with Gasteiger partial charge in [-0.1, -0.05) is 0 Å². The Morgan fingerprint density at radius 1 is 1.28 bits per heavy atom. The number of piperidine rings is 1. The number of carbonyl (C=O) groups is 2. The molecule has 1 heterocycles. The fraction of sp³-hybridized carbons (Fsp3) is 0.846. The Labute approximate surface area is 109 Å². The molecule has 0 radical (unpaired) electrons. The quantitative estimate of drug-likeness (QED) is 0.689. The molecule has 104 valence electrons. The van der Waals surface area contributed by atoms with Gasteiger partial charge in [0.05, 0.1) is 12.6 Å². The van der Waals surface area contributed by atoms with Gasteiger partial charge in [0.1, 0.15) is 0 Å². The molecule has 5 nitrogen and oxygen atoms in total. The first-order valence-electron chi connectivity index (χ1n) is 6.63. The Kier molecular flexibility index (Phi) is 5.14. The molecule has 1 saturated heterocycles. The molecular formula is C13H25N3O2. The van der Waals surface area contributed by atoms with Crippen LogP contribution in [0.3, 0.4) is 0 Å². The molecule has 2 amide bonds. The Morgan fingerprint density at radius 3 is 2.50 bits per heavy atom. The molecule has 0 aromatic carbocycles. The first-order chi connectivity index (χ1) is 8.28. The van der Waals surface area contributed by atoms with E-state index >= 15 is 0 Å². The summed E-state index contributed by atoms with van der Waals surface area (Å²) in [4.78, 5) is 23.4. The van der Waals surface area contributed by atoms with Crippen molar-refractivity contribution in [1.29, 1.82) is 0 Å². The molecule has 0 saturated carbocycles. The zero-order chi connectivity index (χ0) is 13.8. The average molecular weight is 255 g/mol. The van der Waals surface area contributed by atoms with Crippen LogP contribution in [0.15, 0.2) is 0 Å². The van der Waals surface area contributed by atoms with Crippen LogP contribution in [-0.2, 0) is 9.59 Å². The lowest BCUT2D eigenvalue weighted by atomic mass is 9.99. The summed E-state index contributed by atoms with van der Waals surface area (Å²) in [5.41, 5.74) is -0.264. The number of nitrogens with one attached hydrogen (secondary N) is 3. The van der Waals surface area contributed by atoms with Crippen LogP contribution in [0.4, 0.5) is 0 Å². The highest BCUT2D eigenvalue weighted by molar-refractivity contribution is 5.87. The van der Waals surface area contributed by atoms with Crippen molar-refractivity contribution >= 4 is 11.8 Å². The van der Waals surface area contributed by atoms with E-state index in [9.17, 15) is 9.59 Å². The largest absolute Gasteiger partial charge is 0.350 e. The molecule has 2 atom stereocenters. The number of carbonyl (C=O) groups excluding carboxylic acids is 2. The lowest BCUT2D eigenvalue weighted by molar-refractivity contribution is -0.128. The maximum Gasteiger partial charge on any atom is 0.239 e. The number of hydrogen-bond donors (Lipinski definition) is 3. The summed E-state index contributed by atoms with van der Waals surface area (Å²) < 4.78 is 0. The topological polar surface area (TPSA) is 70.2 Å². The minimum absolute atomic E-state index is 0.0443. The maximum atomic E-state index is 11.9. The molecule has 1 aliphatic rings. The molecule has 0 aliphatic carbocycles. The van der Waals surface area contributed by atoms with Crippen molar-refractivity contribution in [3.63, 3.8) is 0 Å². The summed E-state index contributed by atoms with van der Waals surface area (Å²) in [6, 6.07) is 0.217. The van der Waals surface area contributed by atoms with Crippen LogP contribution in [0.5, 0.6) is 0 Å². The zero-order valence-electron chi connectivity index (χ0n) is 11.8. The van der Waals surface area contributed by atoms with Crippen molar-refractivity contribution < 1.29 is 9.59 Å². The van der Waals surface area contributed by atoms with Gasteiger partial charge in [-0.3, -0.25) is 9.59 Å². The van der Waals surface area contributed by atoms with Crippen molar-refractivity contribution in [3.8, 4) is 0 Å². The lowest BCUT2D eigenvalue weighted by Gasteiger charge is -2.28. The number of rotatable bonds is 3. The van der Waals surface area contributed by atoms with E-state index in [0.717, 1.165) is 19.3 Å². The predicted octanol–water partition coefficient (Wildman–Crippen LogP) is 0.548. The lowest BCUT2D eigenvalue weighted by Crippen LogP contribution is -2.52. The number of hydrogen-bond acceptors (Lipinski definition) is 3. The third-order valence-electron chi connectivity index (χ3n) is 2.87. The monoisotopic (exact) mass is 255 g/mol. The predicted molar refractivity (Wildman–Crippen MR) is 71.1 cm³/mol. The van der Waals surface area contributed by atoms with Gasteiger partial charge in [-0.05, 0) is 47.0 Å². The van der Waals surface area contributed by atoms with Crippen LogP contribution in [0.2, 0.25) is 0 Å². The van der Waals surface area contributed by atoms with E-state index < -0.39 is 0 Å². The standard InChI is InChI=1S/C13H25N3O2/c1-9-6-5-7-10(15-9)12(18)14-8-11(17)16-13(2,3)4/h9-10,15H,5-8H2,1-4H3,(H,14,18)(H,16,17). The van der Waals surface area contributed by atoms with Gasteiger partial charge in [-0.25, -0.2) is 0 Å². The van der Waals surface area contributed by atoms with E-state index in [4.69, 9.17) is 0 Å². The highest BCUT2D eigenvalue weighted by atomic mass is 16.2. The Balaban J connectivity index is 2.30. The molecule has 1 fully saturated rings. The average Bonchev–Trinajstić information content (AvgIpc) is 2.23. The first kappa shape index (κ1) is 15.0. The van der Waals surface area contributed by atoms with Gasteiger partial charge in [-0.15, -0.1) is 0 Å². The molecule has 0 bridgehead atoms. The second kappa shape index (κ2) is 6.18. The van der Waals surface area contributed by atoms with Gasteiger partial charge >= 0.3 is 0 Å². The summed E-state index contributed by atoms with van der Waals surface area (Å²) >= 11 is 0. The van der Waals surface area contributed by atoms with E-state index in [1.165, 1.54) is 0 Å². The Bertz CT molecular complexity index is 310. The highest BCUT2D eigenvalue weighted by Crippen LogP contribution is 2.12. The van der Waals surface area contributed by atoms with E-state index in [-0.39, 0.29) is 29.9 Å². The third kappa shape index (κ3) is 5.49. The normalized spacial score (nSPS) is 24.4. The second-order valence-corrected chi connectivity index (χ2v) is 6.07. The molecule has 2 unspecified atom stereocenters. The van der Waals surface area contributed by atoms with Crippen molar-refractivity contribution in [2.45, 2.75) is 64.6 Å². The van der Waals surface area contributed by atoms with E-state index in [1.54, 1.807) is 0 Å². The first-order valence-corrected chi connectivity index (χ1v) is 6.63.